The highest BCUT2D eigenvalue weighted by molar-refractivity contribution is 5.85. The van der Waals surface area contributed by atoms with Crippen LogP contribution in [0.4, 0.5) is 0 Å². The van der Waals surface area contributed by atoms with Crippen LogP contribution in [0.3, 0.4) is 0 Å². The standard InChI is InChI=1S/C19H30N2O3/c1-14(2)13-24-17-7-5-16(6-8-17)15(3)21-18(22)19(23-4)9-11-20-12-10-19/h5-8,14-15,20H,9-13H2,1-4H3,(H,21,22). The van der Waals surface area contributed by atoms with Crippen LogP contribution in [0.15, 0.2) is 24.3 Å². The summed E-state index contributed by atoms with van der Waals surface area (Å²) in [5.74, 6) is 1.33. The number of carbonyl (C=O) groups excluding carboxylic acids is 1. The molecule has 1 aromatic rings. The third kappa shape index (κ3) is 4.71. The number of nitrogens with one attached hydrogen (secondary N) is 2. The molecule has 1 atom stereocenters. The number of ether oxygens (including phenoxy) is 2. The molecule has 1 aromatic carbocycles. The zero-order valence-electron chi connectivity index (χ0n) is 15.2. The summed E-state index contributed by atoms with van der Waals surface area (Å²) < 4.78 is 11.3. The second-order valence-corrected chi connectivity index (χ2v) is 6.92. The predicted octanol–water partition coefficient (Wildman–Crippen LogP) is 2.67. The number of rotatable bonds is 7. The van der Waals surface area contributed by atoms with Crippen molar-refractivity contribution in [2.24, 2.45) is 5.92 Å². The average Bonchev–Trinajstić information content (AvgIpc) is 2.60. The average molecular weight is 334 g/mol. The third-order valence-corrected chi connectivity index (χ3v) is 4.53. The Morgan fingerprint density at radius 3 is 2.38 bits per heavy atom. The summed E-state index contributed by atoms with van der Waals surface area (Å²) in [6.45, 7) is 8.55. The molecule has 0 aliphatic carbocycles. The van der Waals surface area contributed by atoms with Crippen LogP contribution in [-0.2, 0) is 9.53 Å². The van der Waals surface area contributed by atoms with E-state index in [4.69, 9.17) is 9.47 Å². The van der Waals surface area contributed by atoms with Crippen molar-refractivity contribution in [3.63, 3.8) is 0 Å². The van der Waals surface area contributed by atoms with E-state index in [1.807, 2.05) is 31.2 Å². The fourth-order valence-electron chi connectivity index (χ4n) is 2.88. The van der Waals surface area contributed by atoms with E-state index in [1.165, 1.54) is 0 Å². The van der Waals surface area contributed by atoms with Gasteiger partial charge in [0.15, 0.2) is 0 Å². The first-order chi connectivity index (χ1) is 11.5. The molecular formula is C19H30N2O3. The van der Waals surface area contributed by atoms with E-state index in [9.17, 15) is 4.79 Å². The van der Waals surface area contributed by atoms with Crippen LogP contribution in [0.2, 0.25) is 0 Å². The Balaban J connectivity index is 1.95. The fraction of sp³-hybridized carbons (Fsp3) is 0.632. The summed E-state index contributed by atoms with van der Waals surface area (Å²) in [5, 5.41) is 6.36. The smallest absolute Gasteiger partial charge is 0.252 e. The molecule has 1 aliphatic rings. The molecule has 134 valence electrons. The molecule has 1 saturated heterocycles. The number of hydrogen-bond donors (Lipinski definition) is 2. The van der Waals surface area contributed by atoms with Crippen LogP contribution in [0.1, 0.15) is 45.2 Å². The molecule has 1 fully saturated rings. The number of methoxy groups -OCH3 is 1. The molecular weight excluding hydrogens is 304 g/mol. The first kappa shape index (κ1) is 18.7. The van der Waals surface area contributed by atoms with Gasteiger partial charge in [-0.25, -0.2) is 0 Å². The minimum absolute atomic E-state index is 0.0286. The summed E-state index contributed by atoms with van der Waals surface area (Å²) in [6, 6.07) is 7.84. The summed E-state index contributed by atoms with van der Waals surface area (Å²) in [4.78, 5) is 12.7. The number of piperidine rings is 1. The number of hydrogen-bond acceptors (Lipinski definition) is 4. The van der Waals surface area contributed by atoms with Gasteiger partial charge >= 0.3 is 0 Å². The molecule has 24 heavy (non-hydrogen) atoms. The topological polar surface area (TPSA) is 59.6 Å². The van der Waals surface area contributed by atoms with Gasteiger partial charge in [-0.05, 0) is 56.5 Å². The molecule has 2 rings (SSSR count). The summed E-state index contributed by atoms with van der Waals surface area (Å²) >= 11 is 0. The van der Waals surface area contributed by atoms with Gasteiger partial charge in [0.25, 0.3) is 5.91 Å². The van der Waals surface area contributed by atoms with Crippen LogP contribution >= 0.6 is 0 Å². The van der Waals surface area contributed by atoms with Gasteiger partial charge < -0.3 is 20.1 Å². The Labute approximate surface area is 145 Å². The first-order valence-corrected chi connectivity index (χ1v) is 8.76. The van der Waals surface area contributed by atoms with E-state index in [1.54, 1.807) is 7.11 Å². The molecule has 1 heterocycles. The van der Waals surface area contributed by atoms with Gasteiger partial charge in [-0.1, -0.05) is 26.0 Å². The second kappa shape index (κ2) is 8.49. The maximum absolute atomic E-state index is 12.7. The largest absolute Gasteiger partial charge is 0.493 e. The molecule has 1 unspecified atom stereocenters. The van der Waals surface area contributed by atoms with Crippen LogP contribution in [0.5, 0.6) is 5.75 Å². The zero-order valence-corrected chi connectivity index (χ0v) is 15.2. The van der Waals surface area contributed by atoms with Gasteiger partial charge in [0, 0.05) is 7.11 Å². The summed E-state index contributed by atoms with van der Waals surface area (Å²) in [7, 11) is 1.62. The highest BCUT2D eigenvalue weighted by Crippen LogP contribution is 2.25. The lowest BCUT2D eigenvalue weighted by molar-refractivity contribution is -0.147. The molecule has 0 saturated carbocycles. The van der Waals surface area contributed by atoms with Crippen molar-refractivity contribution in [1.82, 2.24) is 10.6 Å². The quantitative estimate of drug-likeness (QED) is 0.805. The van der Waals surface area contributed by atoms with Crippen LogP contribution in [-0.4, -0.2) is 38.3 Å². The van der Waals surface area contributed by atoms with Gasteiger partial charge in [-0.2, -0.15) is 0 Å². The van der Waals surface area contributed by atoms with Crippen molar-refractivity contribution in [2.45, 2.75) is 45.3 Å². The van der Waals surface area contributed by atoms with Gasteiger partial charge in [0.2, 0.25) is 0 Å². The lowest BCUT2D eigenvalue weighted by Crippen LogP contribution is -2.54. The monoisotopic (exact) mass is 334 g/mol. The third-order valence-electron chi connectivity index (χ3n) is 4.53. The van der Waals surface area contributed by atoms with E-state index < -0.39 is 5.60 Å². The van der Waals surface area contributed by atoms with Crippen LogP contribution in [0, 0.1) is 5.92 Å². The molecule has 1 amide bonds. The highest BCUT2D eigenvalue weighted by atomic mass is 16.5. The Hall–Kier alpha value is -1.59. The summed E-state index contributed by atoms with van der Waals surface area (Å²) in [6.07, 6.45) is 1.40. The number of amides is 1. The normalized spacial score (nSPS) is 18.2. The van der Waals surface area contributed by atoms with Crippen molar-refractivity contribution in [3.8, 4) is 5.75 Å². The van der Waals surface area contributed by atoms with Crippen molar-refractivity contribution < 1.29 is 14.3 Å². The molecule has 0 radical (unpaired) electrons. The molecule has 1 aliphatic heterocycles. The second-order valence-electron chi connectivity index (χ2n) is 6.92. The fourth-order valence-corrected chi connectivity index (χ4v) is 2.88. The maximum Gasteiger partial charge on any atom is 0.252 e. The van der Waals surface area contributed by atoms with Gasteiger partial charge in [0.05, 0.1) is 12.6 Å². The minimum Gasteiger partial charge on any atom is -0.493 e. The SMILES string of the molecule is COC1(C(=O)NC(C)c2ccc(OCC(C)C)cc2)CCNCC1. The van der Waals surface area contributed by atoms with Crippen LogP contribution < -0.4 is 15.4 Å². The Morgan fingerprint density at radius 2 is 1.83 bits per heavy atom. The molecule has 2 N–H and O–H groups in total. The lowest BCUT2D eigenvalue weighted by atomic mass is 9.90. The van der Waals surface area contributed by atoms with E-state index in [2.05, 4.69) is 24.5 Å². The van der Waals surface area contributed by atoms with Crippen molar-refractivity contribution in [1.29, 1.82) is 0 Å². The Bertz CT molecular complexity index is 522. The first-order valence-electron chi connectivity index (χ1n) is 8.76. The Kier molecular flexibility index (Phi) is 6.63. The number of carbonyl (C=O) groups is 1. The Morgan fingerprint density at radius 1 is 1.21 bits per heavy atom. The van der Waals surface area contributed by atoms with Crippen molar-refractivity contribution >= 4 is 5.91 Å². The molecule has 5 nitrogen and oxygen atoms in total. The van der Waals surface area contributed by atoms with Crippen molar-refractivity contribution in [2.75, 3.05) is 26.8 Å². The van der Waals surface area contributed by atoms with Gasteiger partial charge in [-0.3, -0.25) is 4.79 Å². The number of benzene rings is 1. The van der Waals surface area contributed by atoms with E-state index in [0.717, 1.165) is 24.4 Å². The van der Waals surface area contributed by atoms with E-state index in [0.29, 0.717) is 25.4 Å². The minimum atomic E-state index is -0.709. The molecule has 0 bridgehead atoms. The molecule has 0 aromatic heterocycles. The van der Waals surface area contributed by atoms with Crippen LogP contribution in [0.25, 0.3) is 0 Å². The maximum atomic E-state index is 12.7. The molecule has 5 heteroatoms. The van der Waals surface area contributed by atoms with Crippen molar-refractivity contribution in [3.05, 3.63) is 29.8 Å². The van der Waals surface area contributed by atoms with Gasteiger partial charge in [0.1, 0.15) is 11.4 Å². The summed E-state index contributed by atoms with van der Waals surface area (Å²) in [5.41, 5.74) is 0.347. The van der Waals surface area contributed by atoms with E-state index >= 15 is 0 Å². The van der Waals surface area contributed by atoms with Gasteiger partial charge in [-0.15, -0.1) is 0 Å². The predicted molar refractivity (Wildman–Crippen MR) is 95.2 cm³/mol. The molecule has 0 spiro atoms. The highest BCUT2D eigenvalue weighted by Gasteiger charge is 2.40. The lowest BCUT2D eigenvalue weighted by Gasteiger charge is -2.35. The van der Waals surface area contributed by atoms with E-state index in [-0.39, 0.29) is 11.9 Å². The zero-order chi connectivity index (χ0) is 17.6.